The molecule has 1 aromatic rings. The zero-order valence-electron chi connectivity index (χ0n) is 9.19. The largest absolute Gasteiger partial charge is 0.494 e. The molecule has 0 aliphatic rings. The predicted molar refractivity (Wildman–Crippen MR) is 60.1 cm³/mol. The molecule has 1 rings (SSSR count). The van der Waals surface area contributed by atoms with Crippen LogP contribution in [0.2, 0.25) is 0 Å². The minimum atomic E-state index is -4.72. The van der Waals surface area contributed by atoms with Gasteiger partial charge in [-0.05, 0) is 17.7 Å². The summed E-state index contributed by atoms with van der Waals surface area (Å²) in [4.78, 5) is -1.41. The van der Waals surface area contributed by atoms with E-state index in [0.717, 1.165) is 19.2 Å². The summed E-state index contributed by atoms with van der Waals surface area (Å²) in [5, 5.41) is 13.8. The van der Waals surface area contributed by atoms with Crippen LogP contribution >= 0.6 is 0 Å². The van der Waals surface area contributed by atoms with Gasteiger partial charge >= 0.3 is 0 Å². The number of methoxy groups -OCH3 is 1. The van der Waals surface area contributed by atoms with Crippen LogP contribution in [0, 0.1) is 0 Å². The second-order valence-corrected chi connectivity index (χ2v) is 6.22. The number of hydrogen-bond donors (Lipinski definition) is 3. The van der Waals surface area contributed by atoms with Gasteiger partial charge in [-0.15, -0.1) is 0 Å². The summed E-state index contributed by atoms with van der Waals surface area (Å²) in [5.41, 5.74) is -0.0487. The summed E-state index contributed by atoms with van der Waals surface area (Å²) in [5.74, 6) is -0.600. The third kappa shape index (κ3) is 2.97. The van der Waals surface area contributed by atoms with Gasteiger partial charge in [0, 0.05) is 0 Å². The Hall–Kier alpha value is -1.20. The van der Waals surface area contributed by atoms with Crippen LogP contribution in [0.15, 0.2) is 21.9 Å². The summed E-state index contributed by atoms with van der Waals surface area (Å²) in [6.07, 6.45) is 0. The number of sulfonamides is 1. The van der Waals surface area contributed by atoms with Gasteiger partial charge in [0.1, 0.15) is 9.79 Å². The van der Waals surface area contributed by atoms with Gasteiger partial charge in [0.2, 0.25) is 10.0 Å². The monoisotopic (exact) mass is 297 g/mol. The highest BCUT2D eigenvalue weighted by Crippen LogP contribution is 2.32. The number of nitrogens with two attached hydrogens (primary N) is 1. The SMILES string of the molecule is COc1c(S(N)(=O)=O)cc(CO)cc1S(=O)(=O)O. The number of aliphatic hydroxyl groups excluding tert-OH is 1. The van der Waals surface area contributed by atoms with Crippen LogP contribution in [-0.4, -0.2) is 33.6 Å². The molecule has 0 unspecified atom stereocenters. The van der Waals surface area contributed by atoms with Crippen molar-refractivity contribution in [2.24, 2.45) is 5.14 Å². The Kier molecular flexibility index (Phi) is 3.98. The van der Waals surface area contributed by atoms with E-state index in [1.165, 1.54) is 0 Å². The maximum absolute atomic E-state index is 11.3. The van der Waals surface area contributed by atoms with E-state index in [-0.39, 0.29) is 5.56 Å². The van der Waals surface area contributed by atoms with E-state index in [9.17, 15) is 16.8 Å². The average molecular weight is 297 g/mol. The second-order valence-electron chi connectivity index (χ2n) is 3.30. The molecule has 0 heterocycles. The molecular formula is C8H11NO7S2. The van der Waals surface area contributed by atoms with Gasteiger partial charge in [0.25, 0.3) is 10.1 Å². The maximum Gasteiger partial charge on any atom is 0.298 e. The third-order valence-corrected chi connectivity index (χ3v) is 3.83. The molecule has 0 atom stereocenters. The fraction of sp³-hybridized carbons (Fsp3) is 0.250. The third-order valence-electron chi connectivity index (χ3n) is 2.05. The quantitative estimate of drug-likeness (QED) is 0.609. The molecule has 0 saturated carbocycles. The maximum atomic E-state index is 11.3. The van der Waals surface area contributed by atoms with E-state index in [0.29, 0.717) is 0 Å². The standard InChI is InChI=1S/C8H11NO7S2/c1-16-8-6(17(9,11)12)2-5(4-10)3-7(8)18(13,14)15/h2-3,10H,4H2,1H3,(H2,9,11,12)(H,13,14,15). The number of primary sulfonamides is 1. The van der Waals surface area contributed by atoms with Gasteiger partial charge in [-0.25, -0.2) is 13.6 Å². The predicted octanol–water partition coefficient (Wildman–Crippen LogP) is -0.918. The zero-order chi connectivity index (χ0) is 14.1. The van der Waals surface area contributed by atoms with E-state index in [4.69, 9.17) is 14.8 Å². The Balaban J connectivity index is 3.84. The topological polar surface area (TPSA) is 144 Å². The van der Waals surface area contributed by atoms with Gasteiger partial charge in [-0.2, -0.15) is 8.42 Å². The molecule has 1 aromatic carbocycles. The van der Waals surface area contributed by atoms with E-state index < -0.39 is 42.3 Å². The molecule has 0 aliphatic carbocycles. The van der Waals surface area contributed by atoms with Gasteiger partial charge in [-0.1, -0.05) is 0 Å². The summed E-state index contributed by atoms with van der Waals surface area (Å²) >= 11 is 0. The minimum Gasteiger partial charge on any atom is -0.494 e. The van der Waals surface area contributed by atoms with Gasteiger partial charge < -0.3 is 9.84 Å². The number of aliphatic hydroxyl groups is 1. The van der Waals surface area contributed by atoms with Crippen molar-refractivity contribution >= 4 is 20.1 Å². The van der Waals surface area contributed by atoms with E-state index in [2.05, 4.69) is 4.74 Å². The highest BCUT2D eigenvalue weighted by atomic mass is 32.2. The van der Waals surface area contributed by atoms with Crippen LogP contribution in [-0.2, 0) is 26.7 Å². The number of ether oxygens (including phenoxy) is 1. The second kappa shape index (κ2) is 4.82. The Bertz CT molecular complexity index is 610. The average Bonchev–Trinajstić information content (AvgIpc) is 2.24. The lowest BCUT2D eigenvalue weighted by atomic mass is 10.2. The Labute approximate surface area is 104 Å². The molecule has 0 saturated heterocycles. The number of rotatable bonds is 4. The van der Waals surface area contributed by atoms with Gasteiger partial charge in [0.15, 0.2) is 5.75 Å². The van der Waals surface area contributed by atoms with Crippen molar-refractivity contribution in [2.45, 2.75) is 16.4 Å². The van der Waals surface area contributed by atoms with Crippen molar-refractivity contribution < 1.29 is 31.2 Å². The molecule has 8 nitrogen and oxygen atoms in total. The molecule has 0 radical (unpaired) electrons. The van der Waals surface area contributed by atoms with E-state index in [1.807, 2.05) is 0 Å². The number of hydrogen-bond acceptors (Lipinski definition) is 6. The highest BCUT2D eigenvalue weighted by molar-refractivity contribution is 7.89. The van der Waals surface area contributed by atoms with Crippen LogP contribution < -0.4 is 9.88 Å². The lowest BCUT2D eigenvalue weighted by Gasteiger charge is -2.12. The first-order chi connectivity index (χ1) is 8.11. The summed E-state index contributed by atoms with van der Waals surface area (Å²) in [7, 11) is -7.96. The molecule has 4 N–H and O–H groups in total. The van der Waals surface area contributed by atoms with Crippen molar-refractivity contribution in [3.63, 3.8) is 0 Å². The summed E-state index contributed by atoms with van der Waals surface area (Å²) < 4.78 is 58.5. The van der Waals surface area contributed by atoms with Crippen molar-refractivity contribution in [1.29, 1.82) is 0 Å². The molecule has 0 aliphatic heterocycles. The molecule has 0 aromatic heterocycles. The fourth-order valence-electron chi connectivity index (χ4n) is 1.33. The van der Waals surface area contributed by atoms with Crippen molar-refractivity contribution in [3.8, 4) is 5.75 Å². The normalized spacial score (nSPS) is 12.4. The molecule has 0 amide bonds. The number of benzene rings is 1. The Morgan fingerprint density at radius 1 is 1.22 bits per heavy atom. The first-order valence-electron chi connectivity index (χ1n) is 4.43. The van der Waals surface area contributed by atoms with E-state index in [1.54, 1.807) is 0 Å². The smallest absolute Gasteiger partial charge is 0.298 e. The van der Waals surface area contributed by atoms with Crippen LogP contribution in [0.1, 0.15) is 5.56 Å². The van der Waals surface area contributed by atoms with Gasteiger partial charge in [-0.3, -0.25) is 4.55 Å². The molecular weight excluding hydrogens is 286 g/mol. The van der Waals surface area contributed by atoms with Crippen LogP contribution in [0.3, 0.4) is 0 Å². The highest BCUT2D eigenvalue weighted by Gasteiger charge is 2.25. The van der Waals surface area contributed by atoms with Gasteiger partial charge in [0.05, 0.1) is 13.7 Å². The van der Waals surface area contributed by atoms with Crippen molar-refractivity contribution in [1.82, 2.24) is 0 Å². The fourth-order valence-corrected chi connectivity index (χ4v) is 2.89. The lowest BCUT2D eigenvalue weighted by Crippen LogP contribution is -2.16. The molecule has 102 valence electrons. The minimum absolute atomic E-state index is 0.0487. The van der Waals surface area contributed by atoms with Crippen LogP contribution in [0.4, 0.5) is 0 Å². The van der Waals surface area contributed by atoms with Crippen molar-refractivity contribution in [2.75, 3.05) is 7.11 Å². The van der Waals surface area contributed by atoms with Crippen LogP contribution in [0.25, 0.3) is 0 Å². The Morgan fingerprint density at radius 3 is 2.06 bits per heavy atom. The van der Waals surface area contributed by atoms with Crippen LogP contribution in [0.5, 0.6) is 5.75 Å². The van der Waals surface area contributed by atoms with Crippen molar-refractivity contribution in [3.05, 3.63) is 17.7 Å². The molecule has 18 heavy (non-hydrogen) atoms. The summed E-state index contributed by atoms with van der Waals surface area (Å²) in [6, 6.07) is 1.85. The molecule has 0 spiro atoms. The lowest BCUT2D eigenvalue weighted by molar-refractivity contribution is 0.280. The molecule has 10 heteroatoms. The first-order valence-corrected chi connectivity index (χ1v) is 7.42. The summed E-state index contributed by atoms with van der Waals surface area (Å²) in [6.45, 7) is -0.630. The zero-order valence-corrected chi connectivity index (χ0v) is 10.8. The molecule has 0 fully saturated rings. The Morgan fingerprint density at radius 2 is 1.72 bits per heavy atom. The van der Waals surface area contributed by atoms with E-state index >= 15 is 0 Å². The first kappa shape index (κ1) is 14.9. The molecule has 0 bridgehead atoms.